The Hall–Kier alpha value is -0.370. The van der Waals surface area contributed by atoms with Crippen LogP contribution in [0.3, 0.4) is 0 Å². The van der Waals surface area contributed by atoms with E-state index in [1.165, 1.54) is 6.42 Å². The highest BCUT2D eigenvalue weighted by Gasteiger charge is 2.17. The van der Waals surface area contributed by atoms with E-state index < -0.39 is 0 Å². The molecule has 0 aromatic heterocycles. The summed E-state index contributed by atoms with van der Waals surface area (Å²) in [6, 6.07) is 0. The Bertz CT molecular complexity index is 112. The number of ether oxygens (including phenoxy) is 1. The van der Waals surface area contributed by atoms with E-state index in [9.17, 15) is 4.79 Å². The third-order valence-corrected chi connectivity index (χ3v) is 1.92. The molecule has 0 aromatic rings. The molecule has 0 N–H and O–H groups in total. The molecule has 0 amide bonds. The molecule has 0 unspecified atom stereocenters. The highest BCUT2D eigenvalue weighted by atomic mass is 16.5. The summed E-state index contributed by atoms with van der Waals surface area (Å²) in [6.45, 7) is 2.07. The highest BCUT2D eigenvalue weighted by molar-refractivity contribution is 5.50. The van der Waals surface area contributed by atoms with Crippen molar-refractivity contribution in [1.82, 2.24) is 0 Å². The zero-order valence-electron chi connectivity index (χ0n) is 6.38. The molecule has 1 aliphatic rings. The summed E-state index contributed by atoms with van der Waals surface area (Å²) < 4.78 is 5.50. The van der Waals surface area contributed by atoms with Crippen LogP contribution in [-0.2, 0) is 9.53 Å². The summed E-state index contributed by atoms with van der Waals surface area (Å²) in [4.78, 5) is 10.1. The molecule has 0 spiro atoms. The van der Waals surface area contributed by atoms with Gasteiger partial charge in [0.1, 0.15) is 6.29 Å². The van der Waals surface area contributed by atoms with Crippen molar-refractivity contribution in [3.05, 3.63) is 0 Å². The predicted octanol–water partition coefficient (Wildman–Crippen LogP) is 1.53. The van der Waals surface area contributed by atoms with Gasteiger partial charge in [-0.1, -0.05) is 0 Å². The maximum absolute atomic E-state index is 10.1. The molecule has 2 nitrogen and oxygen atoms in total. The van der Waals surface area contributed by atoms with Gasteiger partial charge in [0.2, 0.25) is 0 Å². The lowest BCUT2D eigenvalue weighted by atomic mass is 10.0. The number of rotatable bonds is 2. The van der Waals surface area contributed by atoms with Crippen LogP contribution in [0.2, 0.25) is 0 Å². The van der Waals surface area contributed by atoms with Crippen LogP contribution < -0.4 is 0 Å². The number of hydrogen-bond donors (Lipinski definition) is 0. The normalized spacial score (nSPS) is 33.7. The first-order chi connectivity index (χ1) is 4.83. The summed E-state index contributed by atoms with van der Waals surface area (Å²) in [7, 11) is 0. The van der Waals surface area contributed by atoms with E-state index in [1.54, 1.807) is 0 Å². The Balaban J connectivity index is 2.24. The van der Waals surface area contributed by atoms with Crippen molar-refractivity contribution in [3.63, 3.8) is 0 Å². The van der Waals surface area contributed by atoms with Crippen LogP contribution >= 0.6 is 0 Å². The smallest absolute Gasteiger partial charge is 0.122 e. The van der Waals surface area contributed by atoms with Crippen LogP contribution in [0.4, 0.5) is 0 Å². The van der Waals surface area contributed by atoms with E-state index in [0.717, 1.165) is 19.1 Å². The first-order valence-electron chi connectivity index (χ1n) is 3.92. The minimum Gasteiger partial charge on any atom is -0.375 e. The zero-order valence-corrected chi connectivity index (χ0v) is 6.38. The number of aldehydes is 1. The number of carbonyl (C=O) groups excluding carboxylic acids is 1. The monoisotopic (exact) mass is 142 g/mol. The second-order valence-corrected chi connectivity index (χ2v) is 2.90. The summed E-state index contributed by atoms with van der Waals surface area (Å²) in [5.41, 5.74) is 0. The third kappa shape index (κ3) is 2.10. The van der Waals surface area contributed by atoms with E-state index in [2.05, 4.69) is 6.92 Å². The van der Waals surface area contributed by atoms with Gasteiger partial charge in [0.05, 0.1) is 12.2 Å². The van der Waals surface area contributed by atoms with Crippen LogP contribution in [-0.4, -0.2) is 18.5 Å². The zero-order chi connectivity index (χ0) is 7.40. The van der Waals surface area contributed by atoms with Gasteiger partial charge in [-0.05, 0) is 26.2 Å². The summed E-state index contributed by atoms with van der Waals surface area (Å²) >= 11 is 0. The fraction of sp³-hybridized carbons (Fsp3) is 0.875. The van der Waals surface area contributed by atoms with Crippen LogP contribution in [0, 0.1) is 0 Å². The minimum atomic E-state index is 0.209. The molecule has 2 atom stereocenters. The lowest BCUT2D eigenvalue weighted by molar-refractivity contribution is -0.113. The molecule has 0 bridgehead atoms. The van der Waals surface area contributed by atoms with Crippen molar-refractivity contribution in [1.29, 1.82) is 0 Å². The molecule has 1 fully saturated rings. The fourth-order valence-electron chi connectivity index (χ4n) is 1.38. The van der Waals surface area contributed by atoms with E-state index in [1.807, 2.05) is 0 Å². The van der Waals surface area contributed by atoms with Crippen molar-refractivity contribution < 1.29 is 9.53 Å². The fourth-order valence-corrected chi connectivity index (χ4v) is 1.38. The van der Waals surface area contributed by atoms with E-state index in [0.29, 0.717) is 12.5 Å². The van der Waals surface area contributed by atoms with E-state index in [-0.39, 0.29) is 6.10 Å². The van der Waals surface area contributed by atoms with E-state index in [4.69, 9.17) is 4.74 Å². The second-order valence-electron chi connectivity index (χ2n) is 2.90. The maximum atomic E-state index is 10.1. The molecule has 0 radical (unpaired) electrons. The molecule has 58 valence electrons. The van der Waals surface area contributed by atoms with Gasteiger partial charge in [-0.25, -0.2) is 0 Å². The molecule has 1 saturated heterocycles. The largest absolute Gasteiger partial charge is 0.375 e. The van der Waals surface area contributed by atoms with Crippen LogP contribution in [0.1, 0.15) is 32.6 Å². The van der Waals surface area contributed by atoms with Gasteiger partial charge in [-0.2, -0.15) is 0 Å². The average Bonchev–Trinajstić information content (AvgIpc) is 1.88. The van der Waals surface area contributed by atoms with Crippen molar-refractivity contribution in [3.8, 4) is 0 Å². The quantitative estimate of drug-likeness (QED) is 0.546. The summed E-state index contributed by atoms with van der Waals surface area (Å²) in [5.74, 6) is 0. The Morgan fingerprint density at radius 2 is 2.40 bits per heavy atom. The molecule has 2 heteroatoms. The SMILES string of the molecule is C[C@@H]1CCC[C@@H](CC=O)O1. The third-order valence-electron chi connectivity index (χ3n) is 1.92. The van der Waals surface area contributed by atoms with E-state index >= 15 is 0 Å². The molecule has 0 saturated carbocycles. The van der Waals surface area contributed by atoms with Gasteiger partial charge >= 0.3 is 0 Å². The van der Waals surface area contributed by atoms with Crippen LogP contribution in [0.25, 0.3) is 0 Å². The minimum absolute atomic E-state index is 0.209. The first kappa shape index (κ1) is 7.73. The van der Waals surface area contributed by atoms with Crippen molar-refractivity contribution >= 4 is 6.29 Å². The second kappa shape index (κ2) is 3.71. The van der Waals surface area contributed by atoms with Crippen molar-refractivity contribution in [2.45, 2.75) is 44.8 Å². The van der Waals surface area contributed by atoms with Gasteiger partial charge < -0.3 is 9.53 Å². The molecule has 1 rings (SSSR count). The maximum Gasteiger partial charge on any atom is 0.122 e. The predicted molar refractivity (Wildman–Crippen MR) is 38.9 cm³/mol. The van der Waals surface area contributed by atoms with Gasteiger partial charge in [0, 0.05) is 6.42 Å². The van der Waals surface area contributed by atoms with Gasteiger partial charge in [0.25, 0.3) is 0 Å². The van der Waals surface area contributed by atoms with Crippen molar-refractivity contribution in [2.24, 2.45) is 0 Å². The first-order valence-corrected chi connectivity index (χ1v) is 3.92. The Kier molecular flexibility index (Phi) is 2.87. The molecular weight excluding hydrogens is 128 g/mol. The molecule has 0 aliphatic carbocycles. The highest BCUT2D eigenvalue weighted by Crippen LogP contribution is 2.19. The molecular formula is C8H14O2. The summed E-state index contributed by atoms with van der Waals surface area (Å²) in [6.07, 6.45) is 5.51. The standard InChI is InChI=1S/C8H14O2/c1-7-3-2-4-8(10-7)5-6-9/h6-8H,2-5H2,1H3/t7-,8+/m1/s1. The number of hydrogen-bond acceptors (Lipinski definition) is 2. The molecule has 1 aliphatic heterocycles. The Labute approximate surface area is 61.6 Å². The van der Waals surface area contributed by atoms with Crippen LogP contribution in [0.15, 0.2) is 0 Å². The van der Waals surface area contributed by atoms with Gasteiger partial charge in [-0.15, -0.1) is 0 Å². The average molecular weight is 142 g/mol. The number of carbonyl (C=O) groups is 1. The topological polar surface area (TPSA) is 26.3 Å². The van der Waals surface area contributed by atoms with Crippen molar-refractivity contribution in [2.75, 3.05) is 0 Å². The molecule has 1 heterocycles. The lowest BCUT2D eigenvalue weighted by Gasteiger charge is -2.26. The molecule has 0 aromatic carbocycles. The van der Waals surface area contributed by atoms with Gasteiger partial charge in [0.15, 0.2) is 0 Å². The Morgan fingerprint density at radius 1 is 1.60 bits per heavy atom. The summed E-state index contributed by atoms with van der Waals surface area (Å²) in [5, 5.41) is 0. The Morgan fingerprint density at radius 3 is 3.00 bits per heavy atom. The van der Waals surface area contributed by atoms with Crippen LogP contribution in [0.5, 0.6) is 0 Å². The lowest BCUT2D eigenvalue weighted by Crippen LogP contribution is -2.25. The van der Waals surface area contributed by atoms with Gasteiger partial charge in [-0.3, -0.25) is 0 Å². The molecule has 10 heavy (non-hydrogen) atoms.